The van der Waals surface area contributed by atoms with Crippen molar-refractivity contribution in [3.05, 3.63) is 66.7 Å². The zero-order valence-corrected chi connectivity index (χ0v) is 14.1. The van der Waals surface area contributed by atoms with Crippen molar-refractivity contribution in [2.24, 2.45) is 0 Å². The monoisotopic (exact) mass is 336 g/mol. The van der Waals surface area contributed by atoms with Gasteiger partial charge >= 0.3 is 6.03 Å². The van der Waals surface area contributed by atoms with Gasteiger partial charge in [-0.25, -0.2) is 19.4 Å². The maximum atomic E-state index is 12.2. The van der Waals surface area contributed by atoms with Gasteiger partial charge in [-0.2, -0.15) is 5.10 Å². The Labute approximate surface area is 146 Å². The first kappa shape index (κ1) is 16.6. The molecule has 128 valence electrons. The molecule has 0 bridgehead atoms. The molecule has 0 spiro atoms. The molecule has 2 atom stereocenters. The van der Waals surface area contributed by atoms with Gasteiger partial charge in [-0.05, 0) is 18.6 Å². The van der Waals surface area contributed by atoms with Crippen molar-refractivity contribution in [3.8, 4) is 5.95 Å². The summed E-state index contributed by atoms with van der Waals surface area (Å²) in [5.74, 6) is 0.648. The van der Waals surface area contributed by atoms with Gasteiger partial charge in [0.15, 0.2) is 0 Å². The first-order valence-corrected chi connectivity index (χ1v) is 8.08. The van der Waals surface area contributed by atoms with Gasteiger partial charge in [0.2, 0.25) is 5.95 Å². The van der Waals surface area contributed by atoms with E-state index in [1.54, 1.807) is 30.9 Å². The van der Waals surface area contributed by atoms with Gasteiger partial charge in [-0.1, -0.05) is 37.3 Å². The van der Waals surface area contributed by atoms with E-state index in [0.29, 0.717) is 11.6 Å². The van der Waals surface area contributed by atoms with Gasteiger partial charge in [-0.3, -0.25) is 0 Å². The molecule has 7 nitrogen and oxygen atoms in total. The summed E-state index contributed by atoms with van der Waals surface area (Å²) in [6.45, 7) is 4.07. The van der Waals surface area contributed by atoms with E-state index in [9.17, 15) is 4.79 Å². The number of urea groups is 1. The van der Waals surface area contributed by atoms with Crippen molar-refractivity contribution in [2.75, 3.05) is 5.32 Å². The van der Waals surface area contributed by atoms with E-state index in [-0.39, 0.29) is 18.0 Å². The molecule has 1 aromatic carbocycles. The maximum absolute atomic E-state index is 12.2. The molecular formula is C18H20N6O. The molecule has 7 heteroatoms. The summed E-state index contributed by atoms with van der Waals surface area (Å²) in [5, 5.41) is 9.89. The summed E-state index contributed by atoms with van der Waals surface area (Å²) < 4.78 is 1.51. The summed E-state index contributed by atoms with van der Waals surface area (Å²) in [5.41, 5.74) is 1.76. The number of aromatic nitrogens is 4. The Morgan fingerprint density at radius 3 is 2.52 bits per heavy atom. The summed E-state index contributed by atoms with van der Waals surface area (Å²) >= 11 is 0. The molecule has 0 fully saturated rings. The molecule has 0 radical (unpaired) electrons. The number of benzene rings is 1. The van der Waals surface area contributed by atoms with E-state index in [2.05, 4.69) is 44.8 Å². The SMILES string of the molecule is C[C@H](NC(=O)Nc1cnn(-c2ncccn2)c1)[C@H](C)c1ccccc1. The Morgan fingerprint density at radius 2 is 1.80 bits per heavy atom. The summed E-state index contributed by atoms with van der Waals surface area (Å²) in [7, 11) is 0. The Hall–Kier alpha value is -3.22. The number of nitrogens with one attached hydrogen (secondary N) is 2. The molecule has 2 aromatic heterocycles. The minimum absolute atomic E-state index is 0.0186. The predicted octanol–water partition coefficient (Wildman–Crippen LogP) is 2.98. The van der Waals surface area contributed by atoms with E-state index in [4.69, 9.17) is 0 Å². The zero-order chi connectivity index (χ0) is 17.6. The quantitative estimate of drug-likeness (QED) is 0.750. The fraction of sp³-hybridized carbons (Fsp3) is 0.222. The van der Waals surface area contributed by atoms with Crippen LogP contribution in [0.5, 0.6) is 0 Å². The molecule has 0 aliphatic rings. The van der Waals surface area contributed by atoms with Crippen LogP contribution in [0.3, 0.4) is 0 Å². The maximum Gasteiger partial charge on any atom is 0.319 e. The fourth-order valence-electron chi connectivity index (χ4n) is 2.45. The lowest BCUT2D eigenvalue weighted by atomic mass is 9.95. The highest BCUT2D eigenvalue weighted by molar-refractivity contribution is 5.89. The Balaban J connectivity index is 1.58. The van der Waals surface area contributed by atoms with Crippen molar-refractivity contribution in [3.63, 3.8) is 0 Å². The summed E-state index contributed by atoms with van der Waals surface area (Å²) in [4.78, 5) is 20.4. The first-order valence-electron chi connectivity index (χ1n) is 8.08. The number of carbonyl (C=O) groups excluding carboxylic acids is 1. The normalized spacial score (nSPS) is 13.0. The summed E-state index contributed by atoms with van der Waals surface area (Å²) in [6.07, 6.45) is 6.49. The largest absolute Gasteiger partial charge is 0.335 e. The second kappa shape index (κ2) is 7.57. The third kappa shape index (κ3) is 4.20. The highest BCUT2D eigenvalue weighted by Gasteiger charge is 2.16. The minimum Gasteiger partial charge on any atom is -0.335 e. The number of amides is 2. The lowest BCUT2D eigenvalue weighted by Gasteiger charge is -2.21. The molecule has 25 heavy (non-hydrogen) atoms. The first-order chi connectivity index (χ1) is 12.1. The molecule has 0 aliphatic heterocycles. The molecule has 3 rings (SSSR count). The van der Waals surface area contributed by atoms with Gasteiger partial charge in [-0.15, -0.1) is 0 Å². The average Bonchev–Trinajstić information content (AvgIpc) is 3.10. The lowest BCUT2D eigenvalue weighted by Crippen LogP contribution is -2.38. The van der Waals surface area contributed by atoms with Crippen LogP contribution in [0.4, 0.5) is 10.5 Å². The number of nitrogens with zero attached hydrogens (tertiary/aromatic N) is 4. The molecule has 0 saturated carbocycles. The third-order valence-corrected chi connectivity index (χ3v) is 4.03. The third-order valence-electron chi connectivity index (χ3n) is 4.03. The van der Waals surface area contributed by atoms with Crippen LogP contribution in [0.25, 0.3) is 5.95 Å². The standard InChI is InChI=1S/C18H20N6O/c1-13(15-7-4-3-5-8-15)14(2)22-18(25)23-16-11-21-24(12-16)17-19-9-6-10-20-17/h3-14H,1-2H3,(H2,22,23,25)/t13-,14-/m0/s1. The molecule has 0 aliphatic carbocycles. The van der Waals surface area contributed by atoms with Crippen LogP contribution in [0, 0.1) is 0 Å². The van der Waals surface area contributed by atoms with Crippen LogP contribution in [-0.4, -0.2) is 31.8 Å². The fourth-order valence-corrected chi connectivity index (χ4v) is 2.45. The minimum atomic E-state index is -0.274. The molecule has 2 N–H and O–H groups in total. The number of hydrogen-bond donors (Lipinski definition) is 2. The van der Waals surface area contributed by atoms with Crippen LogP contribution < -0.4 is 10.6 Å². The van der Waals surface area contributed by atoms with Crippen LogP contribution in [-0.2, 0) is 0 Å². The zero-order valence-electron chi connectivity index (χ0n) is 14.1. The number of hydrogen-bond acceptors (Lipinski definition) is 4. The number of carbonyl (C=O) groups is 1. The molecule has 0 saturated heterocycles. The van der Waals surface area contributed by atoms with Gasteiger partial charge in [0, 0.05) is 24.4 Å². The molecule has 3 aromatic rings. The molecule has 2 heterocycles. The smallest absolute Gasteiger partial charge is 0.319 e. The average molecular weight is 336 g/mol. The van der Waals surface area contributed by atoms with Crippen LogP contribution in [0.15, 0.2) is 61.2 Å². The molecular weight excluding hydrogens is 316 g/mol. The number of rotatable bonds is 5. The van der Waals surface area contributed by atoms with Crippen LogP contribution in [0.2, 0.25) is 0 Å². The van der Waals surface area contributed by atoms with E-state index in [1.807, 2.05) is 25.1 Å². The van der Waals surface area contributed by atoms with Crippen LogP contribution in [0.1, 0.15) is 25.3 Å². The Kier molecular flexibility index (Phi) is 5.03. The molecule has 0 unspecified atom stereocenters. The van der Waals surface area contributed by atoms with E-state index >= 15 is 0 Å². The van der Waals surface area contributed by atoms with Crippen molar-refractivity contribution in [1.82, 2.24) is 25.1 Å². The van der Waals surface area contributed by atoms with Crippen molar-refractivity contribution < 1.29 is 4.79 Å². The van der Waals surface area contributed by atoms with Gasteiger partial charge in [0.1, 0.15) is 0 Å². The predicted molar refractivity (Wildman–Crippen MR) is 95.6 cm³/mol. The second-order valence-electron chi connectivity index (χ2n) is 5.81. The number of anilines is 1. The second-order valence-corrected chi connectivity index (χ2v) is 5.81. The lowest BCUT2D eigenvalue weighted by molar-refractivity contribution is 0.248. The highest BCUT2D eigenvalue weighted by Crippen LogP contribution is 2.18. The van der Waals surface area contributed by atoms with Crippen molar-refractivity contribution >= 4 is 11.7 Å². The highest BCUT2D eigenvalue weighted by atomic mass is 16.2. The van der Waals surface area contributed by atoms with Crippen LogP contribution >= 0.6 is 0 Å². The summed E-state index contributed by atoms with van der Waals surface area (Å²) in [6, 6.07) is 11.5. The van der Waals surface area contributed by atoms with Crippen molar-refractivity contribution in [1.29, 1.82) is 0 Å². The van der Waals surface area contributed by atoms with E-state index < -0.39 is 0 Å². The van der Waals surface area contributed by atoms with Gasteiger partial charge in [0.05, 0.1) is 18.1 Å². The Bertz CT molecular complexity index is 818. The molecule has 2 amide bonds. The topological polar surface area (TPSA) is 84.7 Å². The van der Waals surface area contributed by atoms with Gasteiger partial charge in [0.25, 0.3) is 0 Å². The van der Waals surface area contributed by atoms with E-state index in [1.165, 1.54) is 10.2 Å². The van der Waals surface area contributed by atoms with Gasteiger partial charge < -0.3 is 10.6 Å². The van der Waals surface area contributed by atoms with E-state index in [0.717, 1.165) is 0 Å². The van der Waals surface area contributed by atoms with Crippen molar-refractivity contribution in [2.45, 2.75) is 25.8 Å². The Morgan fingerprint density at radius 1 is 1.08 bits per heavy atom.